The second-order valence-electron chi connectivity index (χ2n) is 6.00. The molecule has 0 bridgehead atoms. The Labute approximate surface area is 180 Å². The Balaban J connectivity index is 2.21. The van der Waals surface area contributed by atoms with E-state index in [0.717, 1.165) is 0 Å². The molecule has 2 rings (SSSR count). The molecule has 162 valence electrons. The molecule has 11 heteroatoms. The van der Waals surface area contributed by atoms with Crippen LogP contribution in [0.4, 0.5) is 16.2 Å². The number of ether oxygens (including phenoxy) is 1. The maximum atomic E-state index is 12.6. The van der Waals surface area contributed by atoms with Gasteiger partial charge in [-0.1, -0.05) is 16.1 Å². The molecule has 0 aliphatic carbocycles. The molecule has 9 nitrogen and oxygen atoms in total. The zero-order valence-electron chi connectivity index (χ0n) is 16.9. The summed E-state index contributed by atoms with van der Waals surface area (Å²) in [5.74, 6) is -0.533. The predicted octanol–water partition coefficient (Wildman–Crippen LogP) is 3.37. The van der Waals surface area contributed by atoms with Crippen LogP contribution in [0.25, 0.3) is 0 Å². The van der Waals surface area contributed by atoms with Crippen LogP contribution in [-0.4, -0.2) is 52.7 Å². The summed E-state index contributed by atoms with van der Waals surface area (Å²) >= 11 is 6.01. The largest absolute Gasteiger partial charge is 0.449 e. The standard InChI is InChI=1S/C19H22ClN3O6S/c1-5-29-19(25)22(2)15-9-7-14(8-10-15)21-18(24)13-6-11-16(20)17(12-13)30(26,27)23(3)28-4/h6-12H,5H2,1-4H3,(H,21,24). The summed E-state index contributed by atoms with van der Waals surface area (Å²) in [7, 11) is -0.0441. The van der Waals surface area contributed by atoms with Crippen molar-refractivity contribution in [1.82, 2.24) is 4.47 Å². The van der Waals surface area contributed by atoms with E-state index < -0.39 is 22.0 Å². The molecule has 2 amide bonds. The third-order valence-electron chi connectivity index (χ3n) is 4.12. The molecule has 0 unspecified atom stereocenters. The van der Waals surface area contributed by atoms with Crippen LogP contribution in [0.1, 0.15) is 17.3 Å². The van der Waals surface area contributed by atoms with Crippen LogP contribution >= 0.6 is 11.6 Å². The van der Waals surface area contributed by atoms with Gasteiger partial charge >= 0.3 is 6.09 Å². The molecule has 0 fully saturated rings. The molecule has 0 aromatic heterocycles. The van der Waals surface area contributed by atoms with E-state index in [1.807, 2.05) is 0 Å². The van der Waals surface area contributed by atoms with E-state index in [9.17, 15) is 18.0 Å². The summed E-state index contributed by atoms with van der Waals surface area (Å²) in [4.78, 5) is 30.1. The minimum Gasteiger partial charge on any atom is -0.449 e. The van der Waals surface area contributed by atoms with Gasteiger partial charge in [-0.25, -0.2) is 13.2 Å². The first-order chi connectivity index (χ1) is 14.1. The molecule has 0 saturated carbocycles. The number of nitrogens with one attached hydrogen (secondary N) is 1. The van der Waals surface area contributed by atoms with Crippen molar-refractivity contribution in [2.75, 3.05) is 38.0 Å². The average Bonchev–Trinajstić information content (AvgIpc) is 2.73. The van der Waals surface area contributed by atoms with Gasteiger partial charge in [0.1, 0.15) is 4.90 Å². The summed E-state index contributed by atoms with van der Waals surface area (Å²) in [6.45, 7) is 1.97. The third kappa shape index (κ3) is 5.28. The van der Waals surface area contributed by atoms with Crippen molar-refractivity contribution in [3.05, 3.63) is 53.1 Å². The molecular weight excluding hydrogens is 434 g/mol. The number of hydrogen-bond acceptors (Lipinski definition) is 6. The van der Waals surface area contributed by atoms with E-state index in [1.165, 1.54) is 37.3 Å². The lowest BCUT2D eigenvalue weighted by Crippen LogP contribution is -2.27. The molecule has 30 heavy (non-hydrogen) atoms. The highest BCUT2D eigenvalue weighted by Gasteiger charge is 2.25. The van der Waals surface area contributed by atoms with Crippen molar-refractivity contribution in [1.29, 1.82) is 0 Å². The number of amides is 2. The van der Waals surface area contributed by atoms with Gasteiger partial charge in [0, 0.05) is 31.0 Å². The summed E-state index contributed by atoms with van der Waals surface area (Å²) in [5.41, 5.74) is 1.12. The maximum absolute atomic E-state index is 12.6. The van der Waals surface area contributed by atoms with Crippen molar-refractivity contribution < 1.29 is 27.6 Å². The number of benzene rings is 2. The summed E-state index contributed by atoms with van der Waals surface area (Å²) in [6, 6.07) is 10.4. The van der Waals surface area contributed by atoms with Gasteiger partial charge in [0.05, 0.1) is 18.7 Å². The third-order valence-corrected chi connectivity index (χ3v) is 6.28. The van der Waals surface area contributed by atoms with E-state index in [1.54, 1.807) is 38.2 Å². The highest BCUT2D eigenvalue weighted by atomic mass is 35.5. The Morgan fingerprint density at radius 2 is 1.73 bits per heavy atom. The van der Waals surface area contributed by atoms with Crippen molar-refractivity contribution in [2.24, 2.45) is 0 Å². The number of anilines is 2. The molecule has 2 aromatic carbocycles. The lowest BCUT2D eigenvalue weighted by atomic mass is 10.2. The average molecular weight is 456 g/mol. The fourth-order valence-corrected chi connectivity index (χ4v) is 3.85. The Bertz CT molecular complexity index is 1030. The fourth-order valence-electron chi connectivity index (χ4n) is 2.38. The Hall–Kier alpha value is -2.66. The van der Waals surface area contributed by atoms with E-state index in [-0.39, 0.29) is 22.1 Å². The minimum absolute atomic E-state index is 0.0400. The van der Waals surface area contributed by atoms with Crippen molar-refractivity contribution >= 4 is 45.0 Å². The topological polar surface area (TPSA) is 105 Å². The highest BCUT2D eigenvalue weighted by molar-refractivity contribution is 7.89. The van der Waals surface area contributed by atoms with E-state index in [2.05, 4.69) is 5.32 Å². The number of rotatable bonds is 7. The molecule has 1 N–H and O–H groups in total. The summed E-state index contributed by atoms with van der Waals surface area (Å²) in [5, 5.41) is 2.62. The first kappa shape index (κ1) is 23.6. The molecular formula is C19H22ClN3O6S. The van der Waals surface area contributed by atoms with Crippen LogP contribution in [0.2, 0.25) is 5.02 Å². The van der Waals surface area contributed by atoms with Gasteiger partial charge in [-0.2, -0.15) is 0 Å². The monoisotopic (exact) mass is 455 g/mol. The highest BCUT2D eigenvalue weighted by Crippen LogP contribution is 2.26. The number of hydroxylamine groups is 1. The minimum atomic E-state index is -4.03. The Kier molecular flexibility index (Phi) is 7.79. The fraction of sp³-hybridized carbons (Fsp3) is 0.263. The van der Waals surface area contributed by atoms with Gasteiger partial charge in [-0.05, 0) is 49.4 Å². The van der Waals surface area contributed by atoms with E-state index in [0.29, 0.717) is 15.8 Å². The molecule has 0 atom stereocenters. The molecule has 0 heterocycles. The number of carbonyl (C=O) groups excluding carboxylic acids is 2. The number of nitrogens with zero attached hydrogens (tertiary/aromatic N) is 2. The quantitative estimate of drug-likeness (QED) is 0.642. The van der Waals surface area contributed by atoms with Crippen molar-refractivity contribution in [3.63, 3.8) is 0 Å². The SMILES string of the molecule is CCOC(=O)N(C)c1ccc(NC(=O)c2ccc(Cl)c(S(=O)(=O)N(C)OC)c2)cc1. The Morgan fingerprint density at radius 1 is 1.10 bits per heavy atom. The number of halogens is 1. The van der Waals surface area contributed by atoms with Gasteiger partial charge in [-0.3, -0.25) is 14.5 Å². The molecule has 2 aromatic rings. The first-order valence-corrected chi connectivity index (χ1v) is 10.6. The predicted molar refractivity (Wildman–Crippen MR) is 113 cm³/mol. The molecule has 0 saturated heterocycles. The van der Waals surface area contributed by atoms with E-state index in [4.69, 9.17) is 21.2 Å². The van der Waals surface area contributed by atoms with Gasteiger partial charge in [0.2, 0.25) is 0 Å². The van der Waals surface area contributed by atoms with Gasteiger partial charge in [-0.15, -0.1) is 0 Å². The zero-order chi connectivity index (χ0) is 22.5. The number of sulfonamides is 1. The van der Waals surface area contributed by atoms with Crippen LogP contribution in [0.15, 0.2) is 47.4 Å². The van der Waals surface area contributed by atoms with Crippen LogP contribution < -0.4 is 10.2 Å². The van der Waals surface area contributed by atoms with Crippen LogP contribution in [0.5, 0.6) is 0 Å². The smallest absolute Gasteiger partial charge is 0.413 e. The molecule has 0 aliphatic heterocycles. The van der Waals surface area contributed by atoms with Gasteiger partial charge in [0.15, 0.2) is 0 Å². The normalized spacial score (nSPS) is 11.3. The lowest BCUT2D eigenvalue weighted by molar-refractivity contribution is -0.0258. The zero-order valence-corrected chi connectivity index (χ0v) is 18.5. The van der Waals surface area contributed by atoms with Crippen LogP contribution in [0.3, 0.4) is 0 Å². The van der Waals surface area contributed by atoms with E-state index >= 15 is 0 Å². The van der Waals surface area contributed by atoms with Crippen molar-refractivity contribution in [3.8, 4) is 0 Å². The van der Waals surface area contributed by atoms with Gasteiger partial charge < -0.3 is 10.1 Å². The number of carbonyl (C=O) groups is 2. The molecule has 0 aliphatic rings. The van der Waals surface area contributed by atoms with Crippen molar-refractivity contribution in [2.45, 2.75) is 11.8 Å². The van der Waals surface area contributed by atoms with Gasteiger partial charge in [0.25, 0.3) is 15.9 Å². The maximum Gasteiger partial charge on any atom is 0.413 e. The lowest BCUT2D eigenvalue weighted by Gasteiger charge is -2.17. The summed E-state index contributed by atoms with van der Waals surface area (Å²) in [6.07, 6.45) is -0.495. The summed E-state index contributed by atoms with van der Waals surface area (Å²) < 4.78 is 30.5. The first-order valence-electron chi connectivity index (χ1n) is 8.76. The van der Waals surface area contributed by atoms with Crippen LogP contribution in [0, 0.1) is 0 Å². The number of hydrogen-bond donors (Lipinski definition) is 1. The second kappa shape index (κ2) is 9.90. The Morgan fingerprint density at radius 3 is 2.30 bits per heavy atom. The van der Waals surface area contributed by atoms with Crippen LogP contribution in [-0.2, 0) is 19.6 Å². The molecule has 0 radical (unpaired) electrons. The molecule has 0 spiro atoms. The second-order valence-corrected chi connectivity index (χ2v) is 8.31.